The molecule has 0 heterocycles. The molecule has 0 bridgehead atoms. The van der Waals surface area contributed by atoms with Crippen LogP contribution in [0.5, 0.6) is 0 Å². The number of hydrogen-bond acceptors (Lipinski definition) is 3. The van der Waals surface area contributed by atoms with Gasteiger partial charge in [0.25, 0.3) is 0 Å². The topological polar surface area (TPSA) is 63.6 Å². The first-order valence-corrected chi connectivity index (χ1v) is 9.50. The van der Waals surface area contributed by atoms with Gasteiger partial charge in [-0.2, -0.15) is 74.6 Å². The number of hydrogen-bond donors (Lipinski definition) is 1. The quantitative estimate of drug-likeness (QED) is 0.154. The first-order chi connectivity index (χ1) is 16.7. The zero-order valence-corrected chi connectivity index (χ0v) is 19.0. The summed E-state index contributed by atoms with van der Waals surface area (Å²) in [5.41, 5.74) is -2.05. The van der Waals surface area contributed by atoms with Crippen LogP contribution in [-0.4, -0.2) is 70.8 Å². The molecule has 0 fully saturated rings. The van der Waals surface area contributed by atoms with E-state index in [4.69, 9.17) is 5.11 Å². The van der Waals surface area contributed by atoms with E-state index in [2.05, 4.69) is 4.74 Å². The van der Waals surface area contributed by atoms with E-state index in [1.807, 2.05) is 0 Å². The normalized spacial score (nSPS) is 16.4. The average Bonchev–Trinajstić information content (AvgIpc) is 2.69. The number of carbonyl (C=O) groups is 2. The van der Waals surface area contributed by atoms with Crippen LogP contribution < -0.4 is 0 Å². The Balaban J connectivity index is 6.73. The van der Waals surface area contributed by atoms with Crippen molar-refractivity contribution in [2.45, 2.75) is 80.9 Å². The number of alkyl halides is 17. The standard InChI is InChI=1S/C18H15F17O4/c1-10(2,3)7(39-9(38)5-4-8(36)37)6-11(19,20)12(21,22)13(23,24)14(25,26)15(27,28)16(29,30)17(31,32)18(33,34)35/h4-5,7H,6H2,1-3H3,(H,36,37). The molecule has 0 aliphatic carbocycles. The van der Waals surface area contributed by atoms with E-state index in [1.165, 1.54) is 0 Å². The lowest BCUT2D eigenvalue weighted by Gasteiger charge is -2.43. The van der Waals surface area contributed by atoms with Crippen molar-refractivity contribution in [2.24, 2.45) is 5.41 Å². The molecule has 39 heavy (non-hydrogen) atoms. The van der Waals surface area contributed by atoms with Gasteiger partial charge in [0.05, 0.1) is 6.42 Å². The van der Waals surface area contributed by atoms with E-state index in [0.29, 0.717) is 0 Å². The van der Waals surface area contributed by atoms with Crippen LogP contribution in [-0.2, 0) is 14.3 Å². The highest BCUT2D eigenvalue weighted by molar-refractivity contribution is 5.90. The van der Waals surface area contributed by atoms with Crippen LogP contribution >= 0.6 is 0 Å². The van der Waals surface area contributed by atoms with Gasteiger partial charge in [0, 0.05) is 12.2 Å². The Morgan fingerprint density at radius 2 is 0.949 bits per heavy atom. The third-order valence-electron chi connectivity index (χ3n) is 4.82. The largest absolute Gasteiger partial charge is 0.478 e. The van der Waals surface area contributed by atoms with Crippen molar-refractivity contribution in [3.63, 3.8) is 0 Å². The van der Waals surface area contributed by atoms with Crippen molar-refractivity contribution >= 4 is 11.9 Å². The minimum atomic E-state index is -8.75. The fourth-order valence-electron chi connectivity index (χ4n) is 2.40. The van der Waals surface area contributed by atoms with Crippen LogP contribution in [0.2, 0.25) is 0 Å². The first kappa shape index (κ1) is 36.5. The van der Waals surface area contributed by atoms with Gasteiger partial charge in [0.2, 0.25) is 0 Å². The summed E-state index contributed by atoms with van der Waals surface area (Å²) in [5.74, 6) is -61.3. The summed E-state index contributed by atoms with van der Waals surface area (Å²) in [6.07, 6.45) is -13.7. The molecular weight excluding hydrogens is 603 g/mol. The predicted octanol–water partition coefficient (Wildman–Crippen LogP) is 6.98. The number of ether oxygens (including phenoxy) is 1. The molecule has 21 heteroatoms. The van der Waals surface area contributed by atoms with E-state index in [1.54, 1.807) is 0 Å². The summed E-state index contributed by atoms with van der Waals surface area (Å²) >= 11 is 0. The van der Waals surface area contributed by atoms with Crippen LogP contribution in [0.1, 0.15) is 27.2 Å². The third kappa shape index (κ3) is 6.14. The summed E-state index contributed by atoms with van der Waals surface area (Å²) in [7, 11) is 0. The molecule has 1 unspecified atom stereocenters. The number of esters is 1. The zero-order valence-electron chi connectivity index (χ0n) is 19.0. The molecule has 0 spiro atoms. The Hall–Kier alpha value is -2.51. The van der Waals surface area contributed by atoms with Crippen LogP contribution in [0.3, 0.4) is 0 Å². The minimum absolute atomic E-state index is 0.0114. The number of carboxylic acids is 1. The maximum atomic E-state index is 14.3. The summed E-state index contributed by atoms with van der Waals surface area (Å²) in [5, 5.41) is 8.34. The monoisotopic (exact) mass is 618 g/mol. The molecule has 0 rings (SSSR count). The molecule has 0 aliphatic rings. The lowest BCUT2D eigenvalue weighted by Crippen LogP contribution is -2.74. The number of halogens is 17. The molecule has 4 nitrogen and oxygen atoms in total. The second kappa shape index (κ2) is 10.2. The maximum Gasteiger partial charge on any atom is 0.460 e. The minimum Gasteiger partial charge on any atom is -0.478 e. The third-order valence-corrected chi connectivity index (χ3v) is 4.82. The van der Waals surface area contributed by atoms with Crippen molar-refractivity contribution in [2.75, 3.05) is 0 Å². The van der Waals surface area contributed by atoms with Gasteiger partial charge in [-0.1, -0.05) is 20.8 Å². The Morgan fingerprint density at radius 3 is 1.26 bits per heavy atom. The van der Waals surface area contributed by atoms with Gasteiger partial charge in [-0.05, 0) is 5.41 Å². The van der Waals surface area contributed by atoms with Crippen LogP contribution in [0, 0.1) is 5.41 Å². The van der Waals surface area contributed by atoms with Gasteiger partial charge in [-0.25, -0.2) is 9.59 Å². The SMILES string of the molecule is CC(C)(C)C(CC(F)(F)C(F)(F)C(F)(F)C(F)(F)C(F)(F)C(F)(F)C(F)(F)C(F)(F)F)OC(=O)C=CC(=O)O. The van der Waals surface area contributed by atoms with Crippen molar-refractivity contribution < 1.29 is 94.1 Å². The Labute approximate surface area is 205 Å². The van der Waals surface area contributed by atoms with Crippen LogP contribution in [0.25, 0.3) is 0 Å². The van der Waals surface area contributed by atoms with E-state index in [9.17, 15) is 84.2 Å². The number of rotatable bonds is 11. The second-order valence-corrected chi connectivity index (χ2v) is 8.82. The average molecular weight is 618 g/mol. The lowest BCUT2D eigenvalue weighted by atomic mass is 9.82. The highest BCUT2D eigenvalue weighted by Crippen LogP contribution is 2.64. The van der Waals surface area contributed by atoms with Gasteiger partial charge < -0.3 is 9.84 Å². The van der Waals surface area contributed by atoms with Crippen molar-refractivity contribution in [3.8, 4) is 0 Å². The van der Waals surface area contributed by atoms with Gasteiger partial charge in [-0.3, -0.25) is 0 Å². The molecule has 0 aliphatic heterocycles. The smallest absolute Gasteiger partial charge is 0.460 e. The maximum absolute atomic E-state index is 14.3. The highest BCUT2D eigenvalue weighted by Gasteiger charge is 2.95. The fraction of sp³-hybridized carbons (Fsp3) is 0.778. The summed E-state index contributed by atoms with van der Waals surface area (Å²) in [4.78, 5) is 21.8. The molecule has 0 aromatic heterocycles. The van der Waals surface area contributed by atoms with E-state index in [0.717, 1.165) is 20.8 Å². The fourth-order valence-corrected chi connectivity index (χ4v) is 2.40. The molecule has 0 amide bonds. The molecular formula is C18H15F17O4. The van der Waals surface area contributed by atoms with Crippen molar-refractivity contribution in [1.29, 1.82) is 0 Å². The first-order valence-electron chi connectivity index (χ1n) is 9.50. The molecule has 230 valence electrons. The van der Waals surface area contributed by atoms with Gasteiger partial charge in [0.15, 0.2) is 0 Å². The Kier molecular flexibility index (Phi) is 9.50. The zero-order chi connectivity index (χ0) is 32.1. The molecule has 1 atom stereocenters. The molecule has 0 aromatic carbocycles. The van der Waals surface area contributed by atoms with Crippen molar-refractivity contribution in [3.05, 3.63) is 12.2 Å². The molecule has 0 radical (unpaired) electrons. The van der Waals surface area contributed by atoms with Crippen LogP contribution in [0.4, 0.5) is 74.6 Å². The molecule has 0 aromatic rings. The van der Waals surface area contributed by atoms with E-state index in [-0.39, 0.29) is 12.2 Å². The number of aliphatic carboxylic acids is 1. The summed E-state index contributed by atoms with van der Waals surface area (Å²) in [6.45, 7) is 2.25. The van der Waals surface area contributed by atoms with Gasteiger partial charge in [-0.15, -0.1) is 0 Å². The van der Waals surface area contributed by atoms with Gasteiger partial charge >= 0.3 is 59.6 Å². The number of carboxylic acid groups (broad SMARTS) is 1. The Bertz CT molecular complexity index is 944. The van der Waals surface area contributed by atoms with Crippen molar-refractivity contribution in [1.82, 2.24) is 0 Å². The van der Waals surface area contributed by atoms with E-state index < -0.39 is 77.5 Å². The highest BCUT2D eigenvalue weighted by atomic mass is 19.4. The summed E-state index contributed by atoms with van der Waals surface area (Å²) < 4.78 is 232. The predicted molar refractivity (Wildman–Crippen MR) is 91.4 cm³/mol. The molecule has 0 saturated carbocycles. The molecule has 0 saturated heterocycles. The van der Waals surface area contributed by atoms with Gasteiger partial charge in [0.1, 0.15) is 6.10 Å². The number of carbonyl (C=O) groups excluding carboxylic acids is 1. The lowest BCUT2D eigenvalue weighted by molar-refractivity contribution is -0.462. The molecule has 1 N–H and O–H groups in total. The van der Waals surface area contributed by atoms with E-state index >= 15 is 0 Å². The second-order valence-electron chi connectivity index (χ2n) is 8.82. The van der Waals surface area contributed by atoms with Crippen LogP contribution in [0.15, 0.2) is 12.2 Å². The Morgan fingerprint density at radius 1 is 0.615 bits per heavy atom. The summed E-state index contributed by atoms with van der Waals surface area (Å²) in [6, 6.07) is 0.